The minimum absolute atomic E-state index is 0.0674. The number of para-hydroxylation sites is 2. The Bertz CT molecular complexity index is 1420. The van der Waals surface area contributed by atoms with Crippen LogP contribution in [0.25, 0.3) is 22.2 Å². The van der Waals surface area contributed by atoms with Crippen LogP contribution in [0.15, 0.2) is 77.7 Å². The molecule has 0 atom stereocenters. The average Bonchev–Trinajstić information content (AvgIpc) is 3.26. The summed E-state index contributed by atoms with van der Waals surface area (Å²) in [6.45, 7) is 3.28. The third-order valence-electron chi connectivity index (χ3n) is 4.63. The van der Waals surface area contributed by atoms with Crippen molar-refractivity contribution in [2.75, 3.05) is 17.2 Å². The summed E-state index contributed by atoms with van der Waals surface area (Å²) in [5, 5.41) is 14.1. The van der Waals surface area contributed by atoms with Gasteiger partial charge in [-0.2, -0.15) is 4.72 Å². The highest BCUT2D eigenvalue weighted by Gasteiger charge is 2.16. The predicted molar refractivity (Wildman–Crippen MR) is 135 cm³/mol. The number of hydrogen-bond donors (Lipinski definition) is 5. The number of carboxylic acids is 1. The number of hydrogen-bond acceptors (Lipinski definition) is 5. The van der Waals surface area contributed by atoms with Crippen molar-refractivity contribution in [3.05, 3.63) is 72.8 Å². The van der Waals surface area contributed by atoms with Crippen LogP contribution in [0.2, 0.25) is 0 Å². The minimum Gasteiger partial charge on any atom is -0.480 e. The van der Waals surface area contributed by atoms with Gasteiger partial charge < -0.3 is 15.4 Å². The first kappa shape index (κ1) is 25.4. The number of carboxylic acid groups (broad SMARTS) is 1. The summed E-state index contributed by atoms with van der Waals surface area (Å²) in [5.74, 6) is -0.981. The average molecular weight is 496 g/mol. The normalized spacial score (nSPS) is 10.8. The number of H-pyrrole nitrogens is 1. The van der Waals surface area contributed by atoms with Crippen LogP contribution in [0.1, 0.15) is 13.8 Å². The zero-order valence-corrected chi connectivity index (χ0v) is 19.9. The maximum Gasteiger partial charge on any atom is 0.326 e. The van der Waals surface area contributed by atoms with E-state index in [9.17, 15) is 18.0 Å². The van der Waals surface area contributed by atoms with Crippen molar-refractivity contribution >= 4 is 44.7 Å². The molecule has 0 saturated heterocycles. The number of anilines is 2. The fraction of sp³-hybridized carbons (Fsp3) is 0.125. The number of nitrogens with one attached hydrogen (secondary N) is 4. The van der Waals surface area contributed by atoms with Gasteiger partial charge in [-0.15, -0.1) is 0 Å². The maximum absolute atomic E-state index is 12.4. The first-order valence-corrected chi connectivity index (χ1v) is 12.2. The molecule has 4 rings (SSSR count). The Labute approximate surface area is 202 Å². The van der Waals surface area contributed by atoms with E-state index in [1.54, 1.807) is 36.4 Å². The molecule has 0 saturated carbocycles. The molecule has 1 heterocycles. The summed E-state index contributed by atoms with van der Waals surface area (Å²) in [6.07, 6.45) is 0. The van der Waals surface area contributed by atoms with E-state index in [0.29, 0.717) is 22.8 Å². The third-order valence-corrected chi connectivity index (χ3v) is 6.03. The summed E-state index contributed by atoms with van der Waals surface area (Å²) in [6, 6.07) is 19.8. The largest absolute Gasteiger partial charge is 0.480 e. The van der Waals surface area contributed by atoms with Crippen molar-refractivity contribution in [3.63, 3.8) is 0 Å². The number of aromatic amines is 1. The van der Waals surface area contributed by atoms with Crippen LogP contribution in [0.5, 0.6) is 0 Å². The number of aliphatic carboxylic acids is 1. The predicted octanol–water partition coefficient (Wildman–Crippen LogP) is 4.26. The molecule has 0 aliphatic rings. The Morgan fingerprint density at radius 3 is 2.31 bits per heavy atom. The number of nitrogens with zero attached hydrogens (tertiary/aromatic N) is 1. The van der Waals surface area contributed by atoms with E-state index < -0.39 is 28.6 Å². The van der Waals surface area contributed by atoms with Gasteiger partial charge >= 0.3 is 12.0 Å². The van der Waals surface area contributed by atoms with Crippen molar-refractivity contribution in [2.24, 2.45) is 0 Å². The Morgan fingerprint density at radius 1 is 0.914 bits per heavy atom. The Hall–Kier alpha value is -4.22. The van der Waals surface area contributed by atoms with Crippen LogP contribution in [-0.4, -0.2) is 42.0 Å². The number of imidazole rings is 1. The number of urea groups is 1. The van der Waals surface area contributed by atoms with E-state index in [4.69, 9.17) is 5.11 Å². The van der Waals surface area contributed by atoms with Crippen molar-refractivity contribution in [1.29, 1.82) is 0 Å². The highest BCUT2D eigenvalue weighted by molar-refractivity contribution is 7.89. The molecule has 2 amide bonds. The lowest BCUT2D eigenvalue weighted by Crippen LogP contribution is -2.29. The molecule has 1 aromatic heterocycles. The first-order valence-electron chi connectivity index (χ1n) is 10.7. The Kier molecular flexibility index (Phi) is 8.18. The quantitative estimate of drug-likeness (QED) is 0.258. The molecular formula is C24H25N5O5S. The maximum atomic E-state index is 12.4. The topological polar surface area (TPSA) is 153 Å². The molecule has 0 spiro atoms. The molecule has 0 radical (unpaired) electrons. The molecule has 0 unspecified atom stereocenters. The molecule has 10 nitrogen and oxygen atoms in total. The Balaban J connectivity index is 0.00000167. The molecular weight excluding hydrogens is 470 g/mol. The van der Waals surface area contributed by atoms with Gasteiger partial charge in [-0.05, 0) is 47.5 Å². The van der Waals surface area contributed by atoms with Gasteiger partial charge in [0.1, 0.15) is 6.54 Å². The van der Waals surface area contributed by atoms with Crippen molar-refractivity contribution < 1.29 is 23.1 Å². The summed E-state index contributed by atoms with van der Waals surface area (Å²) in [5.41, 5.74) is 3.24. The van der Waals surface area contributed by atoms with E-state index >= 15 is 0 Å². The van der Waals surface area contributed by atoms with Gasteiger partial charge in [0.15, 0.2) is 0 Å². The number of aromatic nitrogens is 2. The second-order valence-electron chi connectivity index (χ2n) is 7.01. The van der Waals surface area contributed by atoms with Crippen molar-refractivity contribution in [1.82, 2.24) is 14.7 Å². The molecule has 35 heavy (non-hydrogen) atoms. The van der Waals surface area contributed by atoms with E-state index in [-0.39, 0.29) is 4.90 Å². The standard InChI is InChI=1S/C22H19N5O5S.C2H6/c28-20(29)13-23-33(31,32)17-8-4-6-15(12-17)14-5-3-7-16(11-14)24-22(30)27-21-25-18-9-1-2-10-19(18)26-21;1-2/h1-12,23H,13H2,(H,28,29)(H3,24,25,26,27,30);1-2H3. The smallest absolute Gasteiger partial charge is 0.326 e. The number of amides is 2. The highest BCUT2D eigenvalue weighted by atomic mass is 32.2. The van der Waals surface area contributed by atoms with Crippen LogP contribution in [0, 0.1) is 0 Å². The van der Waals surface area contributed by atoms with Gasteiger partial charge in [0, 0.05) is 5.69 Å². The number of carbonyl (C=O) groups excluding carboxylic acids is 1. The second-order valence-corrected chi connectivity index (χ2v) is 8.78. The van der Waals surface area contributed by atoms with Gasteiger partial charge in [0.2, 0.25) is 16.0 Å². The van der Waals surface area contributed by atoms with Crippen molar-refractivity contribution in [3.8, 4) is 11.1 Å². The van der Waals surface area contributed by atoms with Crippen LogP contribution in [0.3, 0.4) is 0 Å². The van der Waals surface area contributed by atoms with Crippen LogP contribution < -0.4 is 15.4 Å². The summed E-state index contributed by atoms with van der Waals surface area (Å²) < 4.78 is 26.7. The minimum atomic E-state index is -3.98. The zero-order chi connectivity index (χ0) is 25.4. The molecule has 3 aromatic carbocycles. The third kappa shape index (κ3) is 6.65. The number of fused-ring (bicyclic) bond motifs is 1. The molecule has 4 aromatic rings. The van der Waals surface area contributed by atoms with E-state index in [2.05, 4.69) is 20.6 Å². The van der Waals surface area contributed by atoms with Crippen LogP contribution >= 0.6 is 0 Å². The molecule has 0 bridgehead atoms. The van der Waals surface area contributed by atoms with Gasteiger partial charge in [-0.1, -0.05) is 50.2 Å². The summed E-state index contributed by atoms with van der Waals surface area (Å²) >= 11 is 0. The van der Waals surface area contributed by atoms with E-state index in [1.165, 1.54) is 12.1 Å². The van der Waals surface area contributed by atoms with Crippen molar-refractivity contribution in [2.45, 2.75) is 18.7 Å². The number of sulfonamides is 1. The molecule has 5 N–H and O–H groups in total. The summed E-state index contributed by atoms with van der Waals surface area (Å²) in [7, 11) is -3.98. The van der Waals surface area contributed by atoms with Gasteiger partial charge in [-0.25, -0.2) is 18.2 Å². The van der Waals surface area contributed by atoms with Crippen LogP contribution in [0.4, 0.5) is 16.4 Å². The fourth-order valence-corrected chi connectivity index (χ4v) is 4.16. The molecule has 0 aliphatic heterocycles. The monoisotopic (exact) mass is 495 g/mol. The van der Waals surface area contributed by atoms with Gasteiger partial charge in [0.25, 0.3) is 0 Å². The lowest BCUT2D eigenvalue weighted by Gasteiger charge is -2.10. The SMILES string of the molecule is CC.O=C(O)CNS(=O)(=O)c1cccc(-c2cccc(NC(=O)Nc3nc4ccccc4[nH]3)c2)c1. The number of carbonyl (C=O) groups is 2. The van der Waals surface area contributed by atoms with Gasteiger partial charge in [-0.3, -0.25) is 10.1 Å². The summed E-state index contributed by atoms with van der Waals surface area (Å²) in [4.78, 5) is 30.3. The second kappa shape index (κ2) is 11.3. The highest BCUT2D eigenvalue weighted by Crippen LogP contribution is 2.25. The lowest BCUT2D eigenvalue weighted by atomic mass is 10.1. The number of benzene rings is 3. The van der Waals surface area contributed by atoms with E-state index in [1.807, 2.05) is 42.8 Å². The molecule has 182 valence electrons. The molecule has 11 heteroatoms. The molecule has 0 aliphatic carbocycles. The van der Waals surface area contributed by atoms with Crippen LogP contribution in [-0.2, 0) is 14.8 Å². The first-order chi connectivity index (χ1) is 16.8. The molecule has 0 fully saturated rings. The lowest BCUT2D eigenvalue weighted by molar-refractivity contribution is -0.135. The number of rotatable bonds is 7. The zero-order valence-electron chi connectivity index (χ0n) is 19.1. The van der Waals surface area contributed by atoms with Gasteiger partial charge in [0.05, 0.1) is 15.9 Å². The Morgan fingerprint density at radius 2 is 1.60 bits per heavy atom. The van der Waals surface area contributed by atoms with E-state index in [0.717, 1.165) is 11.0 Å². The fourth-order valence-electron chi connectivity index (χ4n) is 3.14.